The molecule has 0 unspecified atom stereocenters. The molecule has 1 saturated carbocycles. The normalized spacial score (nSPS) is 18.3. The standard InChI is InChI=1S/C16H23NO/c1-12-7-8-14(13(2)11-12)15(18)16(17(3)4)9-5-6-10-16/h7-8,11H,5-6,9-10H2,1-4H3. The van der Waals surface area contributed by atoms with Gasteiger partial charge in [-0.15, -0.1) is 0 Å². The smallest absolute Gasteiger partial charge is 0.183 e. The Bertz CT molecular complexity index is 456. The first-order valence-electron chi connectivity index (χ1n) is 6.77. The lowest BCUT2D eigenvalue weighted by Gasteiger charge is -2.35. The van der Waals surface area contributed by atoms with Gasteiger partial charge in [0.1, 0.15) is 0 Å². The SMILES string of the molecule is Cc1ccc(C(=O)C2(N(C)C)CCCC2)c(C)c1. The van der Waals surface area contributed by atoms with Crippen molar-refractivity contribution in [2.45, 2.75) is 45.1 Å². The third kappa shape index (κ3) is 2.10. The summed E-state index contributed by atoms with van der Waals surface area (Å²) in [6.07, 6.45) is 4.31. The van der Waals surface area contributed by atoms with Crippen LogP contribution in [0.25, 0.3) is 0 Å². The largest absolute Gasteiger partial charge is 0.297 e. The molecule has 2 heteroatoms. The van der Waals surface area contributed by atoms with E-state index in [1.54, 1.807) is 0 Å². The number of hydrogen-bond donors (Lipinski definition) is 0. The molecule has 1 aliphatic rings. The van der Waals surface area contributed by atoms with Crippen molar-refractivity contribution in [1.82, 2.24) is 4.90 Å². The minimum Gasteiger partial charge on any atom is -0.297 e. The Morgan fingerprint density at radius 1 is 1.17 bits per heavy atom. The fourth-order valence-corrected chi connectivity index (χ4v) is 3.16. The Morgan fingerprint density at radius 2 is 1.78 bits per heavy atom. The van der Waals surface area contributed by atoms with Gasteiger partial charge >= 0.3 is 0 Å². The molecular weight excluding hydrogens is 222 g/mol. The van der Waals surface area contributed by atoms with Gasteiger partial charge in [-0.05, 0) is 46.3 Å². The van der Waals surface area contributed by atoms with E-state index < -0.39 is 0 Å². The quantitative estimate of drug-likeness (QED) is 0.761. The average Bonchev–Trinajstić information content (AvgIpc) is 2.78. The van der Waals surface area contributed by atoms with E-state index in [0.717, 1.165) is 36.8 Å². The number of Topliss-reactive ketones (excluding diaryl/α,β-unsaturated/α-hetero) is 1. The van der Waals surface area contributed by atoms with E-state index in [-0.39, 0.29) is 5.54 Å². The number of rotatable bonds is 3. The maximum atomic E-state index is 12.9. The minimum atomic E-state index is -0.264. The van der Waals surface area contributed by atoms with Crippen molar-refractivity contribution < 1.29 is 4.79 Å². The molecule has 1 aliphatic carbocycles. The van der Waals surface area contributed by atoms with Crippen molar-refractivity contribution in [1.29, 1.82) is 0 Å². The number of carbonyl (C=O) groups excluding carboxylic acids is 1. The van der Waals surface area contributed by atoms with Gasteiger partial charge in [-0.2, -0.15) is 0 Å². The first kappa shape index (κ1) is 13.3. The molecule has 0 radical (unpaired) electrons. The van der Waals surface area contributed by atoms with Gasteiger partial charge in [0.2, 0.25) is 0 Å². The second kappa shape index (κ2) is 4.85. The fraction of sp³-hybridized carbons (Fsp3) is 0.562. The first-order chi connectivity index (χ1) is 8.47. The number of likely N-dealkylation sites (N-methyl/N-ethyl adjacent to an activating group) is 1. The highest BCUT2D eigenvalue weighted by Crippen LogP contribution is 2.37. The van der Waals surface area contributed by atoms with Crippen LogP contribution in [0.3, 0.4) is 0 Å². The van der Waals surface area contributed by atoms with E-state index in [9.17, 15) is 4.79 Å². The summed E-state index contributed by atoms with van der Waals surface area (Å²) in [6.45, 7) is 4.11. The van der Waals surface area contributed by atoms with Crippen LogP contribution in [0.4, 0.5) is 0 Å². The van der Waals surface area contributed by atoms with Crippen LogP contribution in [-0.4, -0.2) is 30.3 Å². The van der Waals surface area contributed by atoms with Crippen LogP contribution in [0.2, 0.25) is 0 Å². The Kier molecular flexibility index (Phi) is 3.58. The second-order valence-electron chi connectivity index (χ2n) is 5.78. The van der Waals surface area contributed by atoms with Gasteiger partial charge in [0.05, 0.1) is 5.54 Å². The summed E-state index contributed by atoms with van der Waals surface area (Å²) in [5, 5.41) is 0. The first-order valence-corrected chi connectivity index (χ1v) is 6.77. The summed E-state index contributed by atoms with van der Waals surface area (Å²) in [5.74, 6) is 0.308. The van der Waals surface area contributed by atoms with Gasteiger partial charge in [0, 0.05) is 5.56 Å². The molecule has 0 saturated heterocycles. The fourth-order valence-electron chi connectivity index (χ4n) is 3.16. The summed E-state index contributed by atoms with van der Waals surface area (Å²) >= 11 is 0. The number of ketones is 1. The van der Waals surface area contributed by atoms with Crippen molar-refractivity contribution in [3.63, 3.8) is 0 Å². The molecule has 18 heavy (non-hydrogen) atoms. The van der Waals surface area contributed by atoms with E-state index >= 15 is 0 Å². The molecule has 0 amide bonds. The van der Waals surface area contributed by atoms with E-state index in [2.05, 4.69) is 17.9 Å². The highest BCUT2D eigenvalue weighted by atomic mass is 16.1. The minimum absolute atomic E-state index is 0.264. The van der Waals surface area contributed by atoms with Crippen molar-refractivity contribution in [3.8, 4) is 0 Å². The van der Waals surface area contributed by atoms with Crippen molar-refractivity contribution in [2.24, 2.45) is 0 Å². The molecular formula is C16H23NO. The molecule has 1 fully saturated rings. The lowest BCUT2D eigenvalue weighted by molar-refractivity contribution is 0.0692. The van der Waals surface area contributed by atoms with Crippen LogP contribution in [0.5, 0.6) is 0 Å². The Labute approximate surface area is 110 Å². The molecule has 0 bridgehead atoms. The van der Waals surface area contributed by atoms with Crippen LogP contribution in [-0.2, 0) is 0 Å². The zero-order valence-corrected chi connectivity index (χ0v) is 11.9. The van der Waals surface area contributed by atoms with Gasteiger partial charge in [0.15, 0.2) is 5.78 Å². The Hall–Kier alpha value is -1.15. The number of aryl methyl sites for hydroxylation is 2. The highest BCUT2D eigenvalue weighted by Gasteiger charge is 2.43. The summed E-state index contributed by atoms with van der Waals surface area (Å²) in [4.78, 5) is 15.0. The lowest BCUT2D eigenvalue weighted by Crippen LogP contribution is -2.49. The molecule has 0 atom stereocenters. The van der Waals surface area contributed by atoms with Crippen LogP contribution in [0, 0.1) is 13.8 Å². The maximum Gasteiger partial charge on any atom is 0.183 e. The maximum absolute atomic E-state index is 12.9. The number of nitrogens with zero attached hydrogens (tertiary/aromatic N) is 1. The predicted octanol–water partition coefficient (Wildman–Crippen LogP) is 3.36. The van der Waals surface area contributed by atoms with Crippen molar-refractivity contribution in [3.05, 3.63) is 34.9 Å². The van der Waals surface area contributed by atoms with Gasteiger partial charge in [-0.3, -0.25) is 9.69 Å². The third-order valence-electron chi connectivity index (χ3n) is 4.34. The van der Waals surface area contributed by atoms with Crippen LogP contribution in [0.15, 0.2) is 18.2 Å². The van der Waals surface area contributed by atoms with Gasteiger partial charge in [-0.25, -0.2) is 0 Å². The van der Waals surface area contributed by atoms with Crippen molar-refractivity contribution >= 4 is 5.78 Å². The molecule has 0 heterocycles. The van der Waals surface area contributed by atoms with Crippen molar-refractivity contribution in [2.75, 3.05) is 14.1 Å². The van der Waals surface area contributed by atoms with E-state index in [1.807, 2.05) is 33.2 Å². The zero-order valence-electron chi connectivity index (χ0n) is 11.9. The summed E-state index contributed by atoms with van der Waals surface area (Å²) in [5.41, 5.74) is 2.96. The van der Waals surface area contributed by atoms with Gasteiger partial charge in [0.25, 0.3) is 0 Å². The molecule has 0 aliphatic heterocycles. The molecule has 1 aromatic carbocycles. The summed E-state index contributed by atoms with van der Waals surface area (Å²) in [6, 6.07) is 6.14. The molecule has 0 N–H and O–H groups in total. The lowest BCUT2D eigenvalue weighted by atomic mass is 9.84. The molecule has 2 nitrogen and oxygen atoms in total. The van der Waals surface area contributed by atoms with Gasteiger partial charge < -0.3 is 0 Å². The third-order valence-corrected chi connectivity index (χ3v) is 4.34. The number of benzene rings is 1. The summed E-state index contributed by atoms with van der Waals surface area (Å²) < 4.78 is 0. The number of hydrogen-bond acceptors (Lipinski definition) is 2. The highest BCUT2D eigenvalue weighted by molar-refractivity contribution is 6.04. The van der Waals surface area contributed by atoms with E-state index in [0.29, 0.717) is 5.78 Å². The molecule has 1 aromatic rings. The van der Waals surface area contributed by atoms with Crippen LogP contribution >= 0.6 is 0 Å². The Morgan fingerprint density at radius 3 is 2.28 bits per heavy atom. The topological polar surface area (TPSA) is 20.3 Å². The molecule has 2 rings (SSSR count). The van der Waals surface area contributed by atoms with Crippen LogP contribution in [0.1, 0.15) is 47.2 Å². The second-order valence-corrected chi connectivity index (χ2v) is 5.78. The molecule has 0 spiro atoms. The number of carbonyl (C=O) groups is 1. The van der Waals surface area contributed by atoms with Crippen LogP contribution < -0.4 is 0 Å². The monoisotopic (exact) mass is 245 g/mol. The predicted molar refractivity (Wildman–Crippen MR) is 75.1 cm³/mol. The van der Waals surface area contributed by atoms with E-state index in [1.165, 1.54) is 5.56 Å². The molecule has 0 aromatic heterocycles. The van der Waals surface area contributed by atoms with Gasteiger partial charge in [-0.1, -0.05) is 36.6 Å². The van der Waals surface area contributed by atoms with E-state index in [4.69, 9.17) is 0 Å². The summed E-state index contributed by atoms with van der Waals surface area (Å²) in [7, 11) is 4.07. The molecule has 98 valence electrons. The average molecular weight is 245 g/mol. The Balaban J connectivity index is 2.40. The zero-order chi connectivity index (χ0) is 13.3.